The van der Waals surface area contributed by atoms with E-state index in [2.05, 4.69) is 11.4 Å². The van der Waals surface area contributed by atoms with Crippen LogP contribution in [0.4, 0.5) is 0 Å². The Morgan fingerprint density at radius 3 is 2.89 bits per heavy atom. The molecule has 1 N–H and O–H groups in total. The fraction of sp³-hybridized carbons (Fsp3) is 0.750. The first-order valence-electron chi connectivity index (χ1n) is 3.85. The molecule has 0 aromatic heterocycles. The minimum Gasteiger partial charge on any atom is -0.313 e. The van der Waals surface area contributed by atoms with E-state index in [1.54, 1.807) is 5.57 Å². The van der Waals surface area contributed by atoms with E-state index in [1.165, 1.54) is 25.8 Å². The molecule has 0 unspecified atom stereocenters. The Hall–Kier alpha value is -0.300. The second-order valence-electron chi connectivity index (χ2n) is 3.09. The van der Waals surface area contributed by atoms with Crippen molar-refractivity contribution < 1.29 is 0 Å². The van der Waals surface area contributed by atoms with E-state index in [9.17, 15) is 0 Å². The van der Waals surface area contributed by atoms with E-state index < -0.39 is 0 Å². The summed E-state index contributed by atoms with van der Waals surface area (Å²) in [5.41, 5.74) is 1.65. The molecule has 0 spiro atoms. The predicted octanol–water partition coefficient (Wildman–Crippen LogP) is 1.32. The van der Waals surface area contributed by atoms with Gasteiger partial charge in [0.1, 0.15) is 0 Å². The molecule has 0 aromatic rings. The lowest BCUT2D eigenvalue weighted by atomic mass is 10.2. The van der Waals surface area contributed by atoms with Crippen molar-refractivity contribution in [2.75, 3.05) is 13.1 Å². The van der Waals surface area contributed by atoms with E-state index >= 15 is 0 Å². The van der Waals surface area contributed by atoms with Crippen LogP contribution in [0.15, 0.2) is 11.6 Å². The van der Waals surface area contributed by atoms with Crippen LogP contribution in [0.3, 0.4) is 0 Å². The van der Waals surface area contributed by atoms with Crippen molar-refractivity contribution in [2.45, 2.75) is 19.3 Å². The number of nitrogens with one attached hydrogen (secondary N) is 1. The van der Waals surface area contributed by atoms with Crippen LogP contribution < -0.4 is 5.32 Å². The Morgan fingerprint density at radius 1 is 1.44 bits per heavy atom. The van der Waals surface area contributed by atoms with Gasteiger partial charge in [0.15, 0.2) is 0 Å². The molecule has 1 heterocycles. The molecular formula is C8H13N. The molecule has 1 heteroatoms. The standard InChI is InChI=1S/C8H13N/c1-2-7(1)5-8-3-4-9-6-8/h5,7,9H,1-4,6H2/b8-5+. The molecule has 9 heavy (non-hydrogen) atoms. The molecule has 50 valence electrons. The van der Waals surface area contributed by atoms with E-state index in [0.29, 0.717) is 0 Å². The van der Waals surface area contributed by atoms with Crippen molar-refractivity contribution in [2.24, 2.45) is 5.92 Å². The molecule has 0 bridgehead atoms. The van der Waals surface area contributed by atoms with Crippen molar-refractivity contribution in [3.63, 3.8) is 0 Å². The van der Waals surface area contributed by atoms with Crippen LogP contribution in [0.25, 0.3) is 0 Å². The maximum atomic E-state index is 3.34. The average molecular weight is 123 g/mol. The SMILES string of the molecule is C(=C1/CCNC1)/C1CC1. The third kappa shape index (κ3) is 1.33. The zero-order valence-corrected chi connectivity index (χ0v) is 5.69. The Morgan fingerprint density at radius 2 is 2.33 bits per heavy atom. The molecule has 1 saturated heterocycles. The summed E-state index contributed by atoms with van der Waals surface area (Å²) >= 11 is 0. The molecule has 0 atom stereocenters. The Bertz CT molecular complexity index is 126. The highest BCUT2D eigenvalue weighted by Crippen LogP contribution is 2.32. The molecule has 2 rings (SSSR count). The monoisotopic (exact) mass is 123 g/mol. The summed E-state index contributed by atoms with van der Waals surface area (Å²) in [6.45, 7) is 2.37. The van der Waals surface area contributed by atoms with Crippen LogP contribution in [0, 0.1) is 5.92 Å². The fourth-order valence-electron chi connectivity index (χ4n) is 1.32. The molecular weight excluding hydrogens is 110 g/mol. The number of rotatable bonds is 1. The van der Waals surface area contributed by atoms with Gasteiger partial charge in [0, 0.05) is 6.54 Å². The minimum atomic E-state index is 0.972. The minimum absolute atomic E-state index is 0.972. The van der Waals surface area contributed by atoms with Crippen LogP contribution >= 0.6 is 0 Å². The highest BCUT2D eigenvalue weighted by Gasteiger charge is 2.19. The number of hydrogen-bond donors (Lipinski definition) is 1. The molecule has 0 radical (unpaired) electrons. The highest BCUT2D eigenvalue weighted by molar-refractivity contribution is 5.13. The van der Waals surface area contributed by atoms with E-state index in [4.69, 9.17) is 0 Å². The van der Waals surface area contributed by atoms with Gasteiger partial charge in [-0.1, -0.05) is 11.6 Å². The van der Waals surface area contributed by atoms with Crippen molar-refractivity contribution in [3.05, 3.63) is 11.6 Å². The summed E-state index contributed by atoms with van der Waals surface area (Å²) < 4.78 is 0. The third-order valence-electron chi connectivity index (χ3n) is 2.07. The first-order valence-corrected chi connectivity index (χ1v) is 3.85. The van der Waals surface area contributed by atoms with E-state index in [1.807, 2.05) is 0 Å². The second kappa shape index (κ2) is 2.14. The van der Waals surface area contributed by atoms with Gasteiger partial charge in [-0.05, 0) is 31.7 Å². The quantitative estimate of drug-likeness (QED) is 0.518. The zero-order chi connectivity index (χ0) is 6.10. The van der Waals surface area contributed by atoms with Gasteiger partial charge in [-0.2, -0.15) is 0 Å². The van der Waals surface area contributed by atoms with Crippen LogP contribution in [0.2, 0.25) is 0 Å². The van der Waals surface area contributed by atoms with Crippen LogP contribution in [-0.2, 0) is 0 Å². The lowest BCUT2D eigenvalue weighted by Crippen LogP contribution is -2.04. The summed E-state index contributed by atoms with van der Waals surface area (Å²) in [5, 5.41) is 3.34. The first kappa shape index (κ1) is 5.48. The summed E-state index contributed by atoms with van der Waals surface area (Å²) in [6, 6.07) is 0. The van der Waals surface area contributed by atoms with Gasteiger partial charge in [-0.3, -0.25) is 0 Å². The largest absolute Gasteiger partial charge is 0.313 e. The van der Waals surface area contributed by atoms with Gasteiger partial charge in [-0.25, -0.2) is 0 Å². The molecule has 1 aliphatic carbocycles. The van der Waals surface area contributed by atoms with Crippen molar-refractivity contribution >= 4 is 0 Å². The molecule has 1 nitrogen and oxygen atoms in total. The van der Waals surface area contributed by atoms with Crippen molar-refractivity contribution in [1.29, 1.82) is 0 Å². The highest BCUT2D eigenvalue weighted by atomic mass is 14.9. The van der Waals surface area contributed by atoms with Gasteiger partial charge >= 0.3 is 0 Å². The Balaban J connectivity index is 1.93. The van der Waals surface area contributed by atoms with Crippen molar-refractivity contribution in [1.82, 2.24) is 5.32 Å². The molecule has 0 aromatic carbocycles. The molecule has 0 amide bonds. The van der Waals surface area contributed by atoms with Gasteiger partial charge in [0.05, 0.1) is 0 Å². The number of hydrogen-bond acceptors (Lipinski definition) is 1. The maximum Gasteiger partial charge on any atom is 0.0165 e. The summed E-state index contributed by atoms with van der Waals surface area (Å²) in [4.78, 5) is 0. The van der Waals surface area contributed by atoms with E-state index in [-0.39, 0.29) is 0 Å². The average Bonchev–Trinajstić information content (AvgIpc) is 2.46. The van der Waals surface area contributed by atoms with Gasteiger partial charge < -0.3 is 5.32 Å². The predicted molar refractivity (Wildman–Crippen MR) is 38.3 cm³/mol. The number of allylic oxidation sites excluding steroid dienone is 1. The molecule has 1 aliphatic heterocycles. The van der Waals surface area contributed by atoms with Gasteiger partial charge in [0.2, 0.25) is 0 Å². The van der Waals surface area contributed by atoms with Crippen LogP contribution in [0.5, 0.6) is 0 Å². The lowest BCUT2D eigenvalue weighted by Gasteiger charge is -1.89. The fourth-order valence-corrected chi connectivity index (χ4v) is 1.32. The van der Waals surface area contributed by atoms with Crippen LogP contribution in [0.1, 0.15) is 19.3 Å². The van der Waals surface area contributed by atoms with Gasteiger partial charge in [-0.15, -0.1) is 0 Å². The zero-order valence-electron chi connectivity index (χ0n) is 5.69. The van der Waals surface area contributed by atoms with Crippen molar-refractivity contribution in [3.8, 4) is 0 Å². The van der Waals surface area contributed by atoms with Gasteiger partial charge in [0.25, 0.3) is 0 Å². The summed E-state index contributed by atoms with van der Waals surface area (Å²) in [7, 11) is 0. The Kier molecular flexibility index (Phi) is 1.31. The smallest absolute Gasteiger partial charge is 0.0165 e. The lowest BCUT2D eigenvalue weighted by molar-refractivity contribution is 0.862. The third-order valence-corrected chi connectivity index (χ3v) is 2.07. The maximum absolute atomic E-state index is 3.34. The van der Waals surface area contributed by atoms with E-state index in [0.717, 1.165) is 12.5 Å². The molecule has 1 saturated carbocycles. The van der Waals surface area contributed by atoms with Crippen LogP contribution in [-0.4, -0.2) is 13.1 Å². The second-order valence-corrected chi connectivity index (χ2v) is 3.09. The summed E-state index contributed by atoms with van der Waals surface area (Å²) in [6.07, 6.45) is 6.67. The molecule has 2 fully saturated rings. The summed E-state index contributed by atoms with van der Waals surface area (Å²) in [5.74, 6) is 0.972. The first-order chi connectivity index (χ1) is 4.45. The topological polar surface area (TPSA) is 12.0 Å². The Labute approximate surface area is 56.1 Å². The molecule has 2 aliphatic rings. The normalized spacial score (nSPS) is 31.8.